The molecule has 1 aliphatic rings. The van der Waals surface area contributed by atoms with Gasteiger partial charge in [-0.2, -0.15) is 0 Å². The SMILES string of the molecule is CN(C(=O)NCC(CC(C)(C)C)C(=O)O)C1CC1. The molecule has 1 aliphatic carbocycles. The second kappa shape index (κ2) is 5.59. The van der Waals surface area contributed by atoms with E-state index in [0.717, 1.165) is 12.8 Å². The Labute approximate surface area is 109 Å². The number of rotatable bonds is 5. The first kappa shape index (κ1) is 14.8. The summed E-state index contributed by atoms with van der Waals surface area (Å²) in [6, 6.07) is 0.175. The van der Waals surface area contributed by atoms with Crippen LogP contribution < -0.4 is 5.32 Å². The van der Waals surface area contributed by atoms with Crippen molar-refractivity contribution >= 4 is 12.0 Å². The van der Waals surface area contributed by atoms with Crippen LogP contribution in [-0.2, 0) is 4.79 Å². The number of carboxylic acids is 1. The maximum atomic E-state index is 11.7. The summed E-state index contributed by atoms with van der Waals surface area (Å²) in [5.74, 6) is -1.37. The summed E-state index contributed by atoms with van der Waals surface area (Å²) in [4.78, 5) is 24.5. The van der Waals surface area contributed by atoms with E-state index in [-0.39, 0.29) is 18.0 Å². The quantitative estimate of drug-likeness (QED) is 0.789. The number of carboxylic acid groups (broad SMARTS) is 1. The number of aliphatic carboxylic acids is 1. The summed E-state index contributed by atoms with van der Waals surface area (Å²) in [7, 11) is 1.76. The molecule has 104 valence electrons. The van der Waals surface area contributed by atoms with Crippen LogP contribution in [0.4, 0.5) is 4.79 Å². The van der Waals surface area contributed by atoms with Gasteiger partial charge in [-0.05, 0) is 24.7 Å². The Bertz CT molecular complexity index is 319. The molecule has 5 nitrogen and oxygen atoms in total. The lowest BCUT2D eigenvalue weighted by Crippen LogP contribution is -2.42. The second-order valence-electron chi connectivity index (χ2n) is 6.33. The first-order valence-corrected chi connectivity index (χ1v) is 6.44. The zero-order valence-electron chi connectivity index (χ0n) is 11.7. The number of nitrogens with one attached hydrogen (secondary N) is 1. The molecule has 1 unspecified atom stereocenters. The van der Waals surface area contributed by atoms with Crippen LogP contribution in [0.25, 0.3) is 0 Å². The predicted octanol–water partition coefficient (Wildman–Crippen LogP) is 1.93. The van der Waals surface area contributed by atoms with Crippen LogP contribution >= 0.6 is 0 Å². The van der Waals surface area contributed by atoms with E-state index in [1.165, 1.54) is 0 Å². The van der Waals surface area contributed by atoms with Gasteiger partial charge in [-0.1, -0.05) is 20.8 Å². The van der Waals surface area contributed by atoms with Crippen LogP contribution in [0, 0.1) is 11.3 Å². The molecule has 0 aromatic carbocycles. The van der Waals surface area contributed by atoms with E-state index in [0.29, 0.717) is 12.5 Å². The Morgan fingerprint density at radius 2 is 1.94 bits per heavy atom. The fraction of sp³-hybridized carbons (Fsp3) is 0.846. The topological polar surface area (TPSA) is 69.6 Å². The minimum absolute atomic E-state index is 0.0593. The molecule has 0 spiro atoms. The summed E-state index contributed by atoms with van der Waals surface area (Å²) >= 11 is 0. The third-order valence-corrected chi connectivity index (χ3v) is 3.12. The van der Waals surface area contributed by atoms with E-state index < -0.39 is 11.9 Å². The molecule has 18 heavy (non-hydrogen) atoms. The van der Waals surface area contributed by atoms with Gasteiger partial charge in [-0.3, -0.25) is 4.79 Å². The molecule has 1 saturated carbocycles. The molecule has 1 fully saturated rings. The van der Waals surface area contributed by atoms with Crippen molar-refractivity contribution in [1.29, 1.82) is 0 Å². The van der Waals surface area contributed by atoms with E-state index >= 15 is 0 Å². The maximum Gasteiger partial charge on any atom is 0.317 e. The van der Waals surface area contributed by atoms with Crippen molar-refractivity contribution in [2.45, 2.75) is 46.1 Å². The minimum atomic E-state index is -0.848. The van der Waals surface area contributed by atoms with Crippen molar-refractivity contribution in [1.82, 2.24) is 10.2 Å². The summed E-state index contributed by atoms with van der Waals surface area (Å²) in [5, 5.41) is 11.9. The van der Waals surface area contributed by atoms with Gasteiger partial charge in [0, 0.05) is 19.6 Å². The smallest absolute Gasteiger partial charge is 0.317 e. The van der Waals surface area contributed by atoms with Crippen LogP contribution in [0.5, 0.6) is 0 Å². The van der Waals surface area contributed by atoms with Gasteiger partial charge in [0.05, 0.1) is 5.92 Å². The van der Waals surface area contributed by atoms with E-state index in [9.17, 15) is 9.59 Å². The summed E-state index contributed by atoms with van der Waals surface area (Å²) in [6.45, 7) is 6.20. The normalized spacial score (nSPS) is 17.1. The number of carbonyl (C=O) groups is 2. The summed E-state index contributed by atoms with van der Waals surface area (Å²) in [5.41, 5.74) is -0.0593. The average Bonchev–Trinajstić information content (AvgIpc) is 3.04. The molecule has 2 amide bonds. The second-order valence-corrected chi connectivity index (χ2v) is 6.33. The van der Waals surface area contributed by atoms with Crippen molar-refractivity contribution in [3.63, 3.8) is 0 Å². The highest BCUT2D eigenvalue weighted by Crippen LogP contribution is 2.26. The molecular weight excluding hydrogens is 232 g/mol. The Balaban J connectivity index is 2.41. The van der Waals surface area contributed by atoms with Gasteiger partial charge in [0.1, 0.15) is 0 Å². The highest BCUT2D eigenvalue weighted by molar-refractivity contribution is 5.76. The molecule has 0 radical (unpaired) electrons. The molecule has 2 N–H and O–H groups in total. The maximum absolute atomic E-state index is 11.7. The monoisotopic (exact) mass is 256 g/mol. The van der Waals surface area contributed by atoms with E-state index in [1.54, 1.807) is 11.9 Å². The molecule has 0 aliphatic heterocycles. The molecule has 5 heteroatoms. The van der Waals surface area contributed by atoms with E-state index in [4.69, 9.17) is 5.11 Å². The minimum Gasteiger partial charge on any atom is -0.481 e. The number of urea groups is 1. The first-order valence-electron chi connectivity index (χ1n) is 6.44. The molecule has 1 rings (SSSR count). The van der Waals surface area contributed by atoms with Gasteiger partial charge in [0.25, 0.3) is 0 Å². The summed E-state index contributed by atoms with van der Waals surface area (Å²) < 4.78 is 0. The number of carbonyl (C=O) groups excluding carboxylic acids is 1. The van der Waals surface area contributed by atoms with Crippen LogP contribution in [0.1, 0.15) is 40.0 Å². The summed E-state index contributed by atoms with van der Waals surface area (Å²) in [6.07, 6.45) is 2.65. The van der Waals surface area contributed by atoms with Crippen molar-refractivity contribution in [3.05, 3.63) is 0 Å². The van der Waals surface area contributed by atoms with Crippen molar-refractivity contribution in [3.8, 4) is 0 Å². The Morgan fingerprint density at radius 3 is 2.33 bits per heavy atom. The predicted molar refractivity (Wildman–Crippen MR) is 69.4 cm³/mol. The van der Waals surface area contributed by atoms with Crippen molar-refractivity contribution in [2.75, 3.05) is 13.6 Å². The van der Waals surface area contributed by atoms with E-state index in [1.807, 2.05) is 20.8 Å². The molecule has 0 aromatic heterocycles. The van der Waals surface area contributed by atoms with Crippen LogP contribution in [0.2, 0.25) is 0 Å². The Hall–Kier alpha value is -1.26. The zero-order valence-corrected chi connectivity index (χ0v) is 11.7. The van der Waals surface area contributed by atoms with E-state index in [2.05, 4.69) is 5.32 Å². The van der Waals surface area contributed by atoms with Crippen LogP contribution in [0.15, 0.2) is 0 Å². The third kappa shape index (κ3) is 4.94. The largest absolute Gasteiger partial charge is 0.481 e. The van der Waals surface area contributed by atoms with Gasteiger partial charge < -0.3 is 15.3 Å². The molecule has 1 atom stereocenters. The van der Waals surface area contributed by atoms with Crippen molar-refractivity contribution in [2.24, 2.45) is 11.3 Å². The van der Waals surface area contributed by atoms with Gasteiger partial charge in [-0.25, -0.2) is 4.79 Å². The highest BCUT2D eigenvalue weighted by atomic mass is 16.4. The zero-order chi connectivity index (χ0) is 13.9. The fourth-order valence-electron chi connectivity index (χ4n) is 1.95. The van der Waals surface area contributed by atoms with Gasteiger partial charge in [0.2, 0.25) is 0 Å². The standard InChI is InChI=1S/C13H24N2O3/c1-13(2,3)7-9(11(16)17)8-14-12(18)15(4)10-5-6-10/h9-10H,5-8H2,1-4H3,(H,14,18)(H,16,17). The average molecular weight is 256 g/mol. The number of hydrogen-bond donors (Lipinski definition) is 2. The van der Waals surface area contributed by atoms with Crippen LogP contribution in [-0.4, -0.2) is 41.6 Å². The Kier molecular flexibility index (Phi) is 4.59. The molecule has 0 bridgehead atoms. The van der Waals surface area contributed by atoms with Gasteiger partial charge >= 0.3 is 12.0 Å². The number of hydrogen-bond acceptors (Lipinski definition) is 2. The number of nitrogens with zero attached hydrogens (tertiary/aromatic N) is 1. The highest BCUT2D eigenvalue weighted by Gasteiger charge is 2.30. The fourth-order valence-corrected chi connectivity index (χ4v) is 1.95. The van der Waals surface area contributed by atoms with Gasteiger partial charge in [-0.15, -0.1) is 0 Å². The third-order valence-electron chi connectivity index (χ3n) is 3.12. The Morgan fingerprint density at radius 1 is 1.39 bits per heavy atom. The van der Waals surface area contributed by atoms with Gasteiger partial charge in [0.15, 0.2) is 0 Å². The number of amides is 2. The van der Waals surface area contributed by atoms with Crippen molar-refractivity contribution < 1.29 is 14.7 Å². The van der Waals surface area contributed by atoms with Crippen LogP contribution in [0.3, 0.4) is 0 Å². The lowest BCUT2D eigenvalue weighted by atomic mass is 9.84. The lowest BCUT2D eigenvalue weighted by molar-refractivity contribution is -0.142. The molecular formula is C13H24N2O3. The molecule has 0 aromatic rings. The lowest BCUT2D eigenvalue weighted by Gasteiger charge is -2.24. The first-order chi connectivity index (χ1) is 8.20. The molecule has 0 saturated heterocycles. The molecule has 0 heterocycles.